The number of hydrogen-bond donors (Lipinski definition) is 0. The monoisotopic (exact) mass is 430 g/mol. The molecule has 0 aromatic heterocycles. The third-order valence-corrected chi connectivity index (χ3v) is 5.64. The summed E-state index contributed by atoms with van der Waals surface area (Å²) in [4.78, 5) is 17.0. The Morgan fingerprint density at radius 1 is 1.03 bits per heavy atom. The lowest BCUT2D eigenvalue weighted by Gasteiger charge is -2.34. The molecule has 1 saturated heterocycles. The van der Waals surface area contributed by atoms with Crippen LogP contribution in [0.2, 0.25) is 5.02 Å². The van der Waals surface area contributed by atoms with Gasteiger partial charge in [0.1, 0.15) is 12.4 Å². The number of ether oxygens (including phenoxy) is 3. The standard InChI is InChI=1S/C23H27ClN2O4/c24-20-15-18(16-21-23(20)30-13-4-12-29-21)17-22(27)26-9-7-25(8-10-26)11-14-28-19-5-2-1-3-6-19/h1-3,5-6,15-16H,4,7-14,17H2. The van der Waals surface area contributed by atoms with Crippen molar-refractivity contribution < 1.29 is 19.0 Å². The summed E-state index contributed by atoms with van der Waals surface area (Å²) >= 11 is 6.35. The molecule has 0 spiro atoms. The maximum atomic E-state index is 12.8. The van der Waals surface area contributed by atoms with Crippen LogP contribution in [0.3, 0.4) is 0 Å². The summed E-state index contributed by atoms with van der Waals surface area (Å²) < 4.78 is 17.2. The molecule has 0 radical (unpaired) electrons. The highest BCUT2D eigenvalue weighted by atomic mass is 35.5. The Kier molecular flexibility index (Phi) is 6.97. The molecule has 30 heavy (non-hydrogen) atoms. The Hall–Kier alpha value is -2.44. The first kappa shape index (κ1) is 20.8. The zero-order valence-corrected chi connectivity index (χ0v) is 17.8. The second kappa shape index (κ2) is 10.0. The van der Waals surface area contributed by atoms with E-state index in [0.717, 1.165) is 50.5 Å². The van der Waals surface area contributed by atoms with Crippen LogP contribution in [0.4, 0.5) is 0 Å². The van der Waals surface area contributed by atoms with Gasteiger partial charge in [-0.05, 0) is 29.8 Å². The molecule has 0 aliphatic carbocycles. The van der Waals surface area contributed by atoms with Crippen LogP contribution in [0, 0.1) is 0 Å². The molecule has 160 valence electrons. The van der Waals surface area contributed by atoms with Gasteiger partial charge in [0.15, 0.2) is 11.5 Å². The molecule has 1 amide bonds. The number of piperazine rings is 1. The van der Waals surface area contributed by atoms with Gasteiger partial charge in [-0.1, -0.05) is 29.8 Å². The van der Waals surface area contributed by atoms with Crippen molar-refractivity contribution in [3.63, 3.8) is 0 Å². The Labute approximate surface area is 182 Å². The quantitative estimate of drug-likeness (QED) is 0.704. The van der Waals surface area contributed by atoms with E-state index in [-0.39, 0.29) is 5.91 Å². The SMILES string of the molecule is O=C(Cc1cc(Cl)c2c(c1)OCCCO2)N1CCN(CCOc2ccccc2)CC1. The van der Waals surface area contributed by atoms with Gasteiger partial charge in [0.25, 0.3) is 0 Å². The Morgan fingerprint density at radius 2 is 1.80 bits per heavy atom. The third kappa shape index (κ3) is 5.37. The van der Waals surface area contributed by atoms with Gasteiger partial charge in [-0.2, -0.15) is 0 Å². The van der Waals surface area contributed by atoms with Gasteiger partial charge in [-0.3, -0.25) is 9.69 Å². The van der Waals surface area contributed by atoms with Gasteiger partial charge < -0.3 is 19.1 Å². The summed E-state index contributed by atoms with van der Waals surface area (Å²) in [7, 11) is 0. The number of para-hydroxylation sites is 1. The molecule has 0 unspecified atom stereocenters. The fourth-order valence-corrected chi connectivity index (χ4v) is 3.99. The van der Waals surface area contributed by atoms with Crippen molar-refractivity contribution in [3.8, 4) is 17.2 Å². The van der Waals surface area contributed by atoms with Crippen LogP contribution < -0.4 is 14.2 Å². The minimum Gasteiger partial charge on any atom is -0.492 e. The largest absolute Gasteiger partial charge is 0.492 e. The van der Waals surface area contributed by atoms with Crippen LogP contribution in [0.1, 0.15) is 12.0 Å². The highest BCUT2D eigenvalue weighted by molar-refractivity contribution is 6.32. The molecule has 6 nitrogen and oxygen atoms in total. The molecule has 2 aromatic carbocycles. The minimum atomic E-state index is 0.112. The first-order chi connectivity index (χ1) is 14.7. The van der Waals surface area contributed by atoms with Crippen LogP contribution in [-0.2, 0) is 11.2 Å². The van der Waals surface area contributed by atoms with E-state index in [4.69, 9.17) is 25.8 Å². The van der Waals surface area contributed by atoms with Crippen molar-refractivity contribution in [1.82, 2.24) is 9.80 Å². The van der Waals surface area contributed by atoms with E-state index in [0.29, 0.717) is 42.8 Å². The van der Waals surface area contributed by atoms with Gasteiger partial charge in [0, 0.05) is 39.1 Å². The zero-order chi connectivity index (χ0) is 20.8. The first-order valence-electron chi connectivity index (χ1n) is 10.4. The van der Waals surface area contributed by atoms with Crippen molar-refractivity contribution in [2.75, 3.05) is 52.5 Å². The molecule has 2 aliphatic heterocycles. The van der Waals surface area contributed by atoms with Crippen molar-refractivity contribution >= 4 is 17.5 Å². The average Bonchev–Trinajstić information content (AvgIpc) is 3.01. The third-order valence-electron chi connectivity index (χ3n) is 5.36. The van der Waals surface area contributed by atoms with Crippen LogP contribution in [0.25, 0.3) is 0 Å². The summed E-state index contributed by atoms with van der Waals surface area (Å²) in [5, 5.41) is 0.500. The molecule has 0 atom stereocenters. The van der Waals surface area contributed by atoms with E-state index >= 15 is 0 Å². The lowest BCUT2D eigenvalue weighted by molar-refractivity contribution is -0.132. The number of nitrogens with zero attached hydrogens (tertiary/aromatic N) is 2. The number of carbonyl (C=O) groups is 1. The molecule has 2 heterocycles. The van der Waals surface area contributed by atoms with Crippen molar-refractivity contribution in [2.24, 2.45) is 0 Å². The summed E-state index contributed by atoms with van der Waals surface area (Å²) in [5.74, 6) is 2.21. The van der Waals surface area contributed by atoms with Gasteiger partial charge in [0.2, 0.25) is 5.91 Å². The van der Waals surface area contributed by atoms with E-state index < -0.39 is 0 Å². The second-order valence-corrected chi connectivity index (χ2v) is 7.92. The van der Waals surface area contributed by atoms with E-state index in [1.54, 1.807) is 0 Å². The number of carbonyl (C=O) groups excluding carboxylic acids is 1. The van der Waals surface area contributed by atoms with Crippen LogP contribution in [0.5, 0.6) is 17.2 Å². The number of hydrogen-bond acceptors (Lipinski definition) is 5. The predicted molar refractivity (Wildman–Crippen MR) is 116 cm³/mol. The number of fused-ring (bicyclic) bond motifs is 1. The Balaban J connectivity index is 1.24. The normalized spacial score (nSPS) is 16.8. The summed E-state index contributed by atoms with van der Waals surface area (Å²) in [6.45, 7) is 5.84. The maximum absolute atomic E-state index is 12.8. The van der Waals surface area contributed by atoms with E-state index in [9.17, 15) is 4.79 Å². The average molecular weight is 431 g/mol. The topological polar surface area (TPSA) is 51.2 Å². The molecule has 2 aromatic rings. The zero-order valence-electron chi connectivity index (χ0n) is 17.0. The molecular weight excluding hydrogens is 404 g/mol. The van der Waals surface area contributed by atoms with Crippen LogP contribution >= 0.6 is 11.6 Å². The van der Waals surface area contributed by atoms with Crippen molar-refractivity contribution in [2.45, 2.75) is 12.8 Å². The fraction of sp³-hybridized carbons (Fsp3) is 0.435. The van der Waals surface area contributed by atoms with E-state index in [1.165, 1.54) is 0 Å². The van der Waals surface area contributed by atoms with Crippen LogP contribution in [0.15, 0.2) is 42.5 Å². The van der Waals surface area contributed by atoms with Gasteiger partial charge in [0.05, 0.1) is 24.7 Å². The van der Waals surface area contributed by atoms with Gasteiger partial charge >= 0.3 is 0 Å². The summed E-state index contributed by atoms with van der Waals surface area (Å²) in [6, 6.07) is 13.5. The molecule has 1 fully saturated rings. The molecular formula is C23H27ClN2O4. The van der Waals surface area contributed by atoms with Gasteiger partial charge in [-0.15, -0.1) is 0 Å². The maximum Gasteiger partial charge on any atom is 0.227 e. The highest BCUT2D eigenvalue weighted by Gasteiger charge is 2.22. The van der Waals surface area contributed by atoms with Crippen molar-refractivity contribution in [1.29, 1.82) is 0 Å². The highest BCUT2D eigenvalue weighted by Crippen LogP contribution is 2.38. The summed E-state index contributed by atoms with van der Waals surface area (Å²) in [6.07, 6.45) is 1.13. The molecule has 0 saturated carbocycles. The summed E-state index contributed by atoms with van der Waals surface area (Å²) in [5.41, 5.74) is 0.855. The van der Waals surface area contributed by atoms with E-state index in [2.05, 4.69) is 4.90 Å². The van der Waals surface area contributed by atoms with E-state index in [1.807, 2.05) is 47.4 Å². The smallest absolute Gasteiger partial charge is 0.227 e. The Bertz CT molecular complexity index is 854. The molecule has 2 aliphatic rings. The van der Waals surface area contributed by atoms with Crippen LogP contribution in [-0.4, -0.2) is 68.3 Å². The number of rotatable bonds is 6. The lowest BCUT2D eigenvalue weighted by atomic mass is 10.1. The van der Waals surface area contributed by atoms with Crippen molar-refractivity contribution in [3.05, 3.63) is 53.1 Å². The number of halogens is 1. The van der Waals surface area contributed by atoms with Gasteiger partial charge in [-0.25, -0.2) is 0 Å². The number of amides is 1. The lowest BCUT2D eigenvalue weighted by Crippen LogP contribution is -2.49. The molecule has 7 heteroatoms. The number of benzene rings is 2. The molecule has 0 bridgehead atoms. The predicted octanol–water partition coefficient (Wildman–Crippen LogP) is 3.27. The minimum absolute atomic E-state index is 0.112. The molecule has 0 N–H and O–H groups in total. The fourth-order valence-electron chi connectivity index (χ4n) is 3.70. The first-order valence-corrected chi connectivity index (χ1v) is 10.8. The second-order valence-electron chi connectivity index (χ2n) is 7.52. The molecule has 4 rings (SSSR count). The Morgan fingerprint density at radius 3 is 2.60 bits per heavy atom.